The summed E-state index contributed by atoms with van der Waals surface area (Å²) in [6.45, 7) is 5.90. The lowest BCUT2D eigenvalue weighted by Gasteiger charge is -2.14. The summed E-state index contributed by atoms with van der Waals surface area (Å²) in [5.41, 5.74) is 2.22. The standard InChI is InChI=1S/C14H14O/c1-11-6-8-13(9-7-11)15-14-5-3-4-12(2)10-14/h3-10,13H,1H2,2H3. The zero-order chi connectivity index (χ0) is 10.7. The molecule has 0 N–H and O–H groups in total. The number of rotatable bonds is 2. The normalized spacial score (nSPS) is 15.7. The first-order valence-corrected chi connectivity index (χ1v) is 5.03. The molecule has 0 saturated heterocycles. The van der Waals surface area contributed by atoms with Crippen LogP contribution in [0.3, 0.4) is 0 Å². The van der Waals surface area contributed by atoms with Gasteiger partial charge in [-0.2, -0.15) is 0 Å². The van der Waals surface area contributed by atoms with Gasteiger partial charge in [-0.05, 0) is 42.3 Å². The van der Waals surface area contributed by atoms with Crippen molar-refractivity contribution in [2.75, 3.05) is 0 Å². The van der Waals surface area contributed by atoms with Crippen molar-refractivity contribution in [3.63, 3.8) is 0 Å². The van der Waals surface area contributed by atoms with E-state index in [0.29, 0.717) is 0 Å². The fourth-order valence-corrected chi connectivity index (χ4v) is 1.48. The Morgan fingerprint density at radius 2 is 1.93 bits per heavy atom. The monoisotopic (exact) mass is 198 g/mol. The highest BCUT2D eigenvalue weighted by atomic mass is 16.5. The van der Waals surface area contributed by atoms with Gasteiger partial charge >= 0.3 is 0 Å². The lowest BCUT2D eigenvalue weighted by atomic mass is 10.1. The SMILES string of the molecule is C=C1C=CC(Oc2cccc(C)c2)C=C1. The van der Waals surface area contributed by atoms with Crippen LogP contribution in [-0.2, 0) is 0 Å². The second kappa shape index (κ2) is 4.18. The number of hydrogen-bond acceptors (Lipinski definition) is 1. The predicted octanol–water partition coefficient (Wildman–Crippen LogP) is 3.42. The van der Waals surface area contributed by atoms with Gasteiger partial charge in [0.2, 0.25) is 0 Å². The average Bonchev–Trinajstić information content (AvgIpc) is 2.22. The summed E-state index contributed by atoms with van der Waals surface area (Å²) in [6.07, 6.45) is 7.98. The fourth-order valence-electron chi connectivity index (χ4n) is 1.48. The van der Waals surface area contributed by atoms with E-state index in [1.165, 1.54) is 5.56 Å². The molecule has 76 valence electrons. The van der Waals surface area contributed by atoms with E-state index in [1.54, 1.807) is 0 Å². The summed E-state index contributed by atoms with van der Waals surface area (Å²) >= 11 is 0. The van der Waals surface area contributed by atoms with Gasteiger partial charge in [-0.3, -0.25) is 0 Å². The van der Waals surface area contributed by atoms with Gasteiger partial charge in [-0.15, -0.1) is 0 Å². The molecule has 0 spiro atoms. The first-order valence-electron chi connectivity index (χ1n) is 5.03. The van der Waals surface area contributed by atoms with Crippen LogP contribution in [0.25, 0.3) is 0 Å². The van der Waals surface area contributed by atoms with Crippen LogP contribution in [0.15, 0.2) is 60.7 Å². The molecule has 0 bridgehead atoms. The molecule has 1 aliphatic carbocycles. The zero-order valence-electron chi connectivity index (χ0n) is 8.81. The van der Waals surface area contributed by atoms with Crippen LogP contribution in [0.2, 0.25) is 0 Å². The molecule has 1 aromatic rings. The number of ether oxygens (including phenoxy) is 1. The number of hydrogen-bond donors (Lipinski definition) is 0. The van der Waals surface area contributed by atoms with E-state index < -0.39 is 0 Å². The van der Waals surface area contributed by atoms with Crippen molar-refractivity contribution >= 4 is 0 Å². The molecule has 2 rings (SSSR count). The van der Waals surface area contributed by atoms with E-state index in [9.17, 15) is 0 Å². The summed E-state index contributed by atoms with van der Waals surface area (Å²) in [6, 6.07) is 8.06. The Hall–Kier alpha value is -1.76. The summed E-state index contributed by atoms with van der Waals surface area (Å²) in [7, 11) is 0. The molecule has 0 aliphatic heterocycles. The minimum atomic E-state index is 0.0253. The summed E-state index contributed by atoms with van der Waals surface area (Å²) in [5, 5.41) is 0. The van der Waals surface area contributed by atoms with Gasteiger partial charge in [0, 0.05) is 0 Å². The first kappa shape index (κ1) is 9.78. The Kier molecular flexibility index (Phi) is 2.72. The third-order valence-electron chi connectivity index (χ3n) is 2.26. The lowest BCUT2D eigenvalue weighted by molar-refractivity contribution is 0.295. The Balaban J connectivity index is 2.07. The van der Waals surface area contributed by atoms with Gasteiger partial charge in [0.05, 0.1) is 0 Å². The summed E-state index contributed by atoms with van der Waals surface area (Å²) in [4.78, 5) is 0. The quantitative estimate of drug-likeness (QED) is 0.707. The van der Waals surface area contributed by atoms with E-state index in [4.69, 9.17) is 4.74 Å². The van der Waals surface area contributed by atoms with Crippen LogP contribution >= 0.6 is 0 Å². The third-order valence-corrected chi connectivity index (χ3v) is 2.26. The zero-order valence-corrected chi connectivity index (χ0v) is 8.81. The molecule has 0 saturated carbocycles. The van der Waals surface area contributed by atoms with E-state index >= 15 is 0 Å². The van der Waals surface area contributed by atoms with Crippen molar-refractivity contribution in [1.29, 1.82) is 0 Å². The maximum atomic E-state index is 5.77. The Morgan fingerprint density at radius 3 is 2.60 bits per heavy atom. The van der Waals surface area contributed by atoms with Gasteiger partial charge in [-0.1, -0.05) is 30.9 Å². The van der Waals surface area contributed by atoms with E-state index in [1.807, 2.05) is 42.5 Å². The van der Waals surface area contributed by atoms with E-state index in [-0.39, 0.29) is 6.10 Å². The van der Waals surface area contributed by atoms with Gasteiger partial charge in [0.1, 0.15) is 11.9 Å². The topological polar surface area (TPSA) is 9.23 Å². The minimum Gasteiger partial charge on any atom is -0.482 e. The molecule has 0 amide bonds. The highest BCUT2D eigenvalue weighted by molar-refractivity contribution is 5.35. The molecular formula is C14H14O. The Morgan fingerprint density at radius 1 is 1.20 bits per heavy atom. The number of benzene rings is 1. The molecule has 15 heavy (non-hydrogen) atoms. The molecule has 0 radical (unpaired) electrons. The summed E-state index contributed by atoms with van der Waals surface area (Å²) < 4.78 is 5.77. The maximum absolute atomic E-state index is 5.77. The largest absolute Gasteiger partial charge is 0.482 e. The van der Waals surface area contributed by atoms with Crippen LogP contribution in [0, 0.1) is 6.92 Å². The molecule has 1 nitrogen and oxygen atoms in total. The van der Waals surface area contributed by atoms with Crippen molar-refractivity contribution in [3.8, 4) is 5.75 Å². The van der Waals surface area contributed by atoms with E-state index in [2.05, 4.69) is 19.6 Å². The van der Waals surface area contributed by atoms with Gasteiger partial charge in [-0.25, -0.2) is 0 Å². The molecule has 0 unspecified atom stereocenters. The molecule has 0 aromatic heterocycles. The van der Waals surface area contributed by atoms with Gasteiger partial charge in [0.25, 0.3) is 0 Å². The van der Waals surface area contributed by atoms with Crippen LogP contribution in [-0.4, -0.2) is 6.10 Å². The van der Waals surface area contributed by atoms with Crippen LogP contribution in [0.5, 0.6) is 5.75 Å². The maximum Gasteiger partial charge on any atom is 0.136 e. The third kappa shape index (κ3) is 2.59. The molecule has 0 atom stereocenters. The van der Waals surface area contributed by atoms with Crippen molar-refractivity contribution < 1.29 is 4.74 Å². The number of aryl methyl sites for hydroxylation is 1. The lowest BCUT2D eigenvalue weighted by Crippen LogP contribution is -2.11. The Bertz CT molecular complexity index is 411. The fraction of sp³-hybridized carbons (Fsp3) is 0.143. The molecular weight excluding hydrogens is 184 g/mol. The van der Waals surface area contributed by atoms with Gasteiger partial charge < -0.3 is 4.74 Å². The predicted molar refractivity (Wildman–Crippen MR) is 63.0 cm³/mol. The molecule has 0 fully saturated rings. The van der Waals surface area contributed by atoms with Crippen LogP contribution in [0.1, 0.15) is 5.56 Å². The second-order valence-electron chi connectivity index (χ2n) is 3.69. The van der Waals surface area contributed by atoms with Crippen LogP contribution < -0.4 is 4.74 Å². The molecule has 1 aromatic carbocycles. The van der Waals surface area contributed by atoms with Gasteiger partial charge in [0.15, 0.2) is 0 Å². The van der Waals surface area contributed by atoms with Crippen LogP contribution in [0.4, 0.5) is 0 Å². The van der Waals surface area contributed by atoms with E-state index in [0.717, 1.165) is 11.3 Å². The van der Waals surface area contributed by atoms with Crippen molar-refractivity contribution in [2.24, 2.45) is 0 Å². The Labute approximate surface area is 90.4 Å². The minimum absolute atomic E-state index is 0.0253. The molecule has 1 heteroatoms. The summed E-state index contributed by atoms with van der Waals surface area (Å²) in [5.74, 6) is 0.904. The average molecular weight is 198 g/mol. The number of allylic oxidation sites excluding steroid dienone is 3. The highest BCUT2D eigenvalue weighted by Crippen LogP contribution is 2.17. The first-order chi connectivity index (χ1) is 7.24. The van der Waals surface area contributed by atoms with Crippen molar-refractivity contribution in [1.82, 2.24) is 0 Å². The van der Waals surface area contributed by atoms with Crippen molar-refractivity contribution in [3.05, 3.63) is 66.3 Å². The molecule has 1 aliphatic rings. The molecule has 0 heterocycles. The smallest absolute Gasteiger partial charge is 0.136 e. The van der Waals surface area contributed by atoms with Crippen molar-refractivity contribution in [2.45, 2.75) is 13.0 Å². The second-order valence-corrected chi connectivity index (χ2v) is 3.69. The highest BCUT2D eigenvalue weighted by Gasteiger charge is 2.05.